The first-order valence-corrected chi connectivity index (χ1v) is 5.54. The second-order valence-corrected chi connectivity index (χ2v) is 3.93. The number of thiazole rings is 1. The minimum Gasteiger partial charge on any atom is -0.396 e. The molecule has 0 unspecified atom stereocenters. The van der Waals surface area contributed by atoms with E-state index in [1.165, 1.54) is 11.3 Å². The number of anilines is 1. The molecule has 0 saturated heterocycles. The van der Waals surface area contributed by atoms with Crippen molar-refractivity contribution >= 4 is 28.1 Å². The largest absolute Gasteiger partial charge is 0.396 e. The van der Waals surface area contributed by atoms with E-state index < -0.39 is 0 Å². The summed E-state index contributed by atoms with van der Waals surface area (Å²) in [4.78, 5) is 4.05. The Bertz CT molecular complexity index is 242. The van der Waals surface area contributed by atoms with Gasteiger partial charge in [0.1, 0.15) is 5.15 Å². The van der Waals surface area contributed by atoms with Crippen molar-refractivity contribution in [3.05, 3.63) is 10.5 Å². The number of nitrogens with one attached hydrogen (secondary N) is 1. The lowest BCUT2D eigenvalue weighted by atomic mass is 10.2. The van der Waals surface area contributed by atoms with Crippen LogP contribution in [0, 0.1) is 0 Å². The molecular weight excluding hydrogens is 208 g/mol. The third-order valence-electron chi connectivity index (χ3n) is 1.59. The number of aliphatic hydroxyl groups is 1. The van der Waals surface area contributed by atoms with Crippen LogP contribution in [0.5, 0.6) is 0 Å². The van der Waals surface area contributed by atoms with Gasteiger partial charge in [0.25, 0.3) is 0 Å². The summed E-state index contributed by atoms with van der Waals surface area (Å²) in [5.74, 6) is 0. The highest BCUT2D eigenvalue weighted by molar-refractivity contribution is 7.14. The summed E-state index contributed by atoms with van der Waals surface area (Å²) in [6.07, 6.45) is 2.97. The van der Waals surface area contributed by atoms with E-state index in [2.05, 4.69) is 10.3 Å². The van der Waals surface area contributed by atoms with Gasteiger partial charge in [0.05, 0.1) is 0 Å². The molecule has 0 saturated carbocycles. The molecule has 3 nitrogen and oxygen atoms in total. The normalized spacial score (nSPS) is 10.3. The molecule has 1 aromatic heterocycles. The average Bonchev–Trinajstić information content (AvgIpc) is 2.51. The van der Waals surface area contributed by atoms with Gasteiger partial charge in [-0.15, -0.1) is 11.3 Å². The van der Waals surface area contributed by atoms with Crippen LogP contribution in [0.3, 0.4) is 0 Å². The van der Waals surface area contributed by atoms with Crippen molar-refractivity contribution in [2.75, 3.05) is 18.5 Å². The quantitative estimate of drug-likeness (QED) is 0.724. The van der Waals surface area contributed by atoms with Crippen LogP contribution in [0.25, 0.3) is 0 Å². The molecule has 0 aromatic carbocycles. The van der Waals surface area contributed by atoms with Crippen molar-refractivity contribution < 1.29 is 5.11 Å². The first-order chi connectivity index (χ1) is 6.33. The number of hydrogen-bond donors (Lipinski definition) is 2. The van der Waals surface area contributed by atoms with Gasteiger partial charge >= 0.3 is 0 Å². The fourth-order valence-corrected chi connectivity index (χ4v) is 1.81. The predicted molar refractivity (Wildman–Crippen MR) is 56.6 cm³/mol. The predicted octanol–water partition coefficient (Wildman–Crippen LogP) is 2.37. The highest BCUT2D eigenvalue weighted by atomic mass is 35.5. The van der Waals surface area contributed by atoms with E-state index in [1.54, 1.807) is 5.38 Å². The average molecular weight is 221 g/mol. The van der Waals surface area contributed by atoms with Crippen LogP contribution >= 0.6 is 22.9 Å². The molecular formula is C8H13ClN2OS. The van der Waals surface area contributed by atoms with E-state index in [-0.39, 0.29) is 6.61 Å². The SMILES string of the molecule is OCCCCCNc1nc(Cl)cs1. The van der Waals surface area contributed by atoms with Crippen LogP contribution in [0.1, 0.15) is 19.3 Å². The molecule has 0 aliphatic heterocycles. The molecule has 5 heteroatoms. The highest BCUT2D eigenvalue weighted by Gasteiger charge is 1.97. The zero-order valence-electron chi connectivity index (χ0n) is 7.29. The molecule has 0 amide bonds. The Morgan fingerprint density at radius 2 is 2.31 bits per heavy atom. The third-order valence-corrected chi connectivity index (χ3v) is 2.71. The summed E-state index contributed by atoms with van der Waals surface area (Å²) in [5.41, 5.74) is 0. The number of unbranched alkanes of at least 4 members (excludes halogenated alkanes) is 2. The number of halogens is 1. The molecule has 0 aliphatic carbocycles. The second kappa shape index (κ2) is 6.18. The van der Waals surface area contributed by atoms with Gasteiger partial charge in [-0.1, -0.05) is 11.6 Å². The van der Waals surface area contributed by atoms with Crippen molar-refractivity contribution in [3.63, 3.8) is 0 Å². The summed E-state index contributed by atoms with van der Waals surface area (Å²) in [6.45, 7) is 1.17. The van der Waals surface area contributed by atoms with E-state index in [1.807, 2.05) is 0 Å². The molecule has 1 aromatic rings. The molecule has 0 atom stereocenters. The maximum absolute atomic E-state index is 8.54. The van der Waals surface area contributed by atoms with Gasteiger partial charge in [-0.25, -0.2) is 4.98 Å². The molecule has 2 N–H and O–H groups in total. The van der Waals surface area contributed by atoms with Gasteiger partial charge in [-0.05, 0) is 19.3 Å². The van der Waals surface area contributed by atoms with Gasteiger partial charge in [-0.3, -0.25) is 0 Å². The van der Waals surface area contributed by atoms with Crippen molar-refractivity contribution in [1.82, 2.24) is 4.98 Å². The number of aromatic nitrogens is 1. The number of rotatable bonds is 6. The molecule has 1 heterocycles. The lowest BCUT2D eigenvalue weighted by Crippen LogP contribution is -2.01. The Balaban J connectivity index is 2.06. The third kappa shape index (κ3) is 4.45. The van der Waals surface area contributed by atoms with Gasteiger partial charge < -0.3 is 10.4 Å². The first kappa shape index (κ1) is 10.8. The molecule has 0 radical (unpaired) electrons. The van der Waals surface area contributed by atoms with Crippen LogP contribution in [0.4, 0.5) is 5.13 Å². The Hall–Kier alpha value is -0.320. The molecule has 13 heavy (non-hydrogen) atoms. The second-order valence-electron chi connectivity index (χ2n) is 2.69. The molecule has 0 aliphatic rings. The standard InChI is InChI=1S/C8H13ClN2OS/c9-7-6-13-8(11-7)10-4-2-1-3-5-12/h6,12H,1-5H2,(H,10,11). The number of hydrogen-bond acceptors (Lipinski definition) is 4. The highest BCUT2D eigenvalue weighted by Crippen LogP contribution is 2.18. The van der Waals surface area contributed by atoms with E-state index >= 15 is 0 Å². The van der Waals surface area contributed by atoms with E-state index in [0.717, 1.165) is 30.9 Å². The first-order valence-electron chi connectivity index (χ1n) is 4.28. The lowest BCUT2D eigenvalue weighted by molar-refractivity contribution is 0.283. The smallest absolute Gasteiger partial charge is 0.184 e. The number of aliphatic hydroxyl groups excluding tert-OH is 1. The maximum Gasteiger partial charge on any atom is 0.184 e. The molecule has 0 spiro atoms. The lowest BCUT2D eigenvalue weighted by Gasteiger charge is -2.00. The zero-order chi connectivity index (χ0) is 9.52. The Morgan fingerprint density at radius 3 is 2.92 bits per heavy atom. The van der Waals surface area contributed by atoms with Crippen molar-refractivity contribution in [2.24, 2.45) is 0 Å². The van der Waals surface area contributed by atoms with Gasteiger partial charge in [0.15, 0.2) is 5.13 Å². The summed E-state index contributed by atoms with van der Waals surface area (Å²) in [7, 11) is 0. The van der Waals surface area contributed by atoms with E-state index in [4.69, 9.17) is 16.7 Å². The molecule has 0 bridgehead atoms. The Morgan fingerprint density at radius 1 is 1.46 bits per heavy atom. The number of nitrogens with zero attached hydrogens (tertiary/aromatic N) is 1. The fourth-order valence-electron chi connectivity index (χ4n) is 0.944. The van der Waals surface area contributed by atoms with Crippen LogP contribution in [-0.4, -0.2) is 23.2 Å². The minimum absolute atomic E-state index is 0.281. The fraction of sp³-hybridized carbons (Fsp3) is 0.625. The Labute approximate surface area is 86.8 Å². The zero-order valence-corrected chi connectivity index (χ0v) is 8.87. The van der Waals surface area contributed by atoms with Crippen molar-refractivity contribution in [1.29, 1.82) is 0 Å². The summed E-state index contributed by atoms with van der Waals surface area (Å²) in [6, 6.07) is 0. The van der Waals surface area contributed by atoms with Gasteiger partial charge in [0, 0.05) is 18.5 Å². The minimum atomic E-state index is 0.281. The molecule has 1 rings (SSSR count). The van der Waals surface area contributed by atoms with E-state index in [0.29, 0.717) is 5.15 Å². The van der Waals surface area contributed by atoms with Crippen LogP contribution in [0.2, 0.25) is 5.15 Å². The van der Waals surface area contributed by atoms with Crippen LogP contribution in [0.15, 0.2) is 5.38 Å². The summed E-state index contributed by atoms with van der Waals surface area (Å²) < 4.78 is 0. The van der Waals surface area contributed by atoms with Gasteiger partial charge in [0.2, 0.25) is 0 Å². The van der Waals surface area contributed by atoms with Crippen LogP contribution in [-0.2, 0) is 0 Å². The van der Waals surface area contributed by atoms with Crippen LogP contribution < -0.4 is 5.32 Å². The monoisotopic (exact) mass is 220 g/mol. The topological polar surface area (TPSA) is 45.1 Å². The molecule has 0 fully saturated rings. The van der Waals surface area contributed by atoms with E-state index in [9.17, 15) is 0 Å². The van der Waals surface area contributed by atoms with Gasteiger partial charge in [-0.2, -0.15) is 0 Å². The van der Waals surface area contributed by atoms with Crippen molar-refractivity contribution in [3.8, 4) is 0 Å². The summed E-state index contributed by atoms with van der Waals surface area (Å²) in [5, 5.41) is 14.9. The molecule has 74 valence electrons. The Kier molecular flexibility index (Phi) is 5.12. The maximum atomic E-state index is 8.54. The van der Waals surface area contributed by atoms with Crippen molar-refractivity contribution in [2.45, 2.75) is 19.3 Å². The summed E-state index contributed by atoms with van der Waals surface area (Å²) >= 11 is 7.16.